The van der Waals surface area contributed by atoms with Gasteiger partial charge in [0.1, 0.15) is 6.07 Å². The highest BCUT2D eigenvalue weighted by Crippen LogP contribution is 2.48. The Labute approximate surface area is 136 Å². The van der Waals surface area contributed by atoms with Crippen molar-refractivity contribution < 1.29 is 9.53 Å². The molecule has 0 bridgehead atoms. The van der Waals surface area contributed by atoms with Crippen molar-refractivity contribution in [3.63, 3.8) is 0 Å². The van der Waals surface area contributed by atoms with Crippen LogP contribution in [0.25, 0.3) is 0 Å². The van der Waals surface area contributed by atoms with Crippen LogP contribution in [0.15, 0.2) is 30.0 Å². The van der Waals surface area contributed by atoms with Gasteiger partial charge in [-0.3, -0.25) is 4.79 Å². The Morgan fingerprint density at radius 1 is 1.39 bits per heavy atom. The van der Waals surface area contributed by atoms with E-state index in [1.807, 2.05) is 38.3 Å². The number of allylic oxidation sites excluding steroid dienone is 1. The maximum atomic E-state index is 12.3. The summed E-state index contributed by atoms with van der Waals surface area (Å²) in [6, 6.07) is 5.95. The fourth-order valence-corrected chi connectivity index (χ4v) is 3.89. The van der Waals surface area contributed by atoms with E-state index >= 15 is 0 Å². The van der Waals surface area contributed by atoms with E-state index in [0.29, 0.717) is 11.5 Å². The number of methoxy groups -OCH3 is 1. The zero-order valence-corrected chi connectivity index (χ0v) is 13.8. The van der Waals surface area contributed by atoms with Crippen LogP contribution in [0.1, 0.15) is 26.7 Å². The number of nitriles is 1. The monoisotopic (exact) mass is 311 g/mol. The standard InChI is InChI=1S/C18H21N3O2/c1-17(2)11-18(8-13(9-19)16(17)22)6-7-21(12-18)14-4-5-15(23-3)20-10-14/h4-5,8,10H,6-7,11-12H2,1-3H3. The Balaban J connectivity index is 1.87. The summed E-state index contributed by atoms with van der Waals surface area (Å²) >= 11 is 0. The summed E-state index contributed by atoms with van der Waals surface area (Å²) in [6.45, 7) is 5.59. The summed E-state index contributed by atoms with van der Waals surface area (Å²) in [5.41, 5.74) is 0.774. The number of hydrogen-bond acceptors (Lipinski definition) is 5. The van der Waals surface area contributed by atoms with Gasteiger partial charge in [0.05, 0.1) is 24.6 Å². The lowest BCUT2D eigenvalue weighted by Gasteiger charge is -2.38. The second kappa shape index (κ2) is 5.38. The molecule has 1 unspecified atom stereocenters. The summed E-state index contributed by atoms with van der Waals surface area (Å²) in [4.78, 5) is 18.8. The van der Waals surface area contributed by atoms with Crippen LogP contribution in [0.5, 0.6) is 5.88 Å². The first-order valence-electron chi connectivity index (χ1n) is 7.82. The van der Waals surface area contributed by atoms with Crippen molar-refractivity contribution in [3.8, 4) is 11.9 Å². The fraction of sp³-hybridized carbons (Fsp3) is 0.500. The Kier molecular flexibility index (Phi) is 3.63. The van der Waals surface area contributed by atoms with Crippen molar-refractivity contribution in [2.45, 2.75) is 26.7 Å². The topological polar surface area (TPSA) is 66.2 Å². The van der Waals surface area contributed by atoms with E-state index in [0.717, 1.165) is 31.6 Å². The van der Waals surface area contributed by atoms with Gasteiger partial charge in [0.2, 0.25) is 5.88 Å². The normalized spacial score (nSPS) is 26.1. The minimum atomic E-state index is -0.478. The van der Waals surface area contributed by atoms with Crippen molar-refractivity contribution >= 4 is 11.5 Å². The van der Waals surface area contributed by atoms with Crippen LogP contribution < -0.4 is 9.64 Å². The molecular formula is C18H21N3O2. The Morgan fingerprint density at radius 3 is 2.78 bits per heavy atom. The molecule has 0 amide bonds. The van der Waals surface area contributed by atoms with Crippen molar-refractivity contribution in [2.24, 2.45) is 10.8 Å². The van der Waals surface area contributed by atoms with Gasteiger partial charge in [-0.25, -0.2) is 4.98 Å². The van der Waals surface area contributed by atoms with Gasteiger partial charge in [-0.15, -0.1) is 0 Å². The molecular weight excluding hydrogens is 290 g/mol. The van der Waals surface area contributed by atoms with Crippen molar-refractivity contribution in [3.05, 3.63) is 30.0 Å². The molecule has 5 nitrogen and oxygen atoms in total. The van der Waals surface area contributed by atoms with E-state index in [1.165, 1.54) is 0 Å². The van der Waals surface area contributed by atoms with Gasteiger partial charge in [0.15, 0.2) is 5.78 Å². The minimum absolute atomic E-state index is 0.0322. The molecule has 0 N–H and O–H groups in total. The molecule has 1 aromatic rings. The molecule has 1 fully saturated rings. The number of rotatable bonds is 2. The van der Waals surface area contributed by atoms with Gasteiger partial charge in [0.25, 0.3) is 0 Å². The Hall–Kier alpha value is -2.35. The number of nitrogens with zero attached hydrogens (tertiary/aromatic N) is 3. The lowest BCUT2D eigenvalue weighted by Crippen LogP contribution is -2.40. The number of carbonyl (C=O) groups excluding carboxylic acids is 1. The molecule has 1 aliphatic carbocycles. The molecule has 3 rings (SSSR count). The molecule has 2 aliphatic rings. The first-order valence-corrected chi connectivity index (χ1v) is 7.82. The van der Waals surface area contributed by atoms with E-state index < -0.39 is 5.41 Å². The van der Waals surface area contributed by atoms with E-state index in [2.05, 4.69) is 16.0 Å². The van der Waals surface area contributed by atoms with Crippen LogP contribution in [0.3, 0.4) is 0 Å². The van der Waals surface area contributed by atoms with Crippen LogP contribution >= 0.6 is 0 Å². The number of Topliss-reactive ketones (excluding diaryl/α,β-unsaturated/α-hetero) is 1. The van der Waals surface area contributed by atoms with Crippen molar-refractivity contribution in [1.82, 2.24) is 4.98 Å². The molecule has 0 radical (unpaired) electrons. The molecule has 1 saturated heterocycles. The summed E-state index contributed by atoms with van der Waals surface area (Å²) in [6.07, 6.45) is 5.45. The second-order valence-corrected chi connectivity index (χ2v) is 7.15. The average Bonchev–Trinajstić information content (AvgIpc) is 2.94. The first kappa shape index (κ1) is 15.5. The molecule has 0 aromatic carbocycles. The van der Waals surface area contributed by atoms with Crippen molar-refractivity contribution in [1.29, 1.82) is 5.26 Å². The third-order valence-corrected chi connectivity index (χ3v) is 4.90. The quantitative estimate of drug-likeness (QED) is 0.840. The molecule has 2 heterocycles. The summed E-state index contributed by atoms with van der Waals surface area (Å²) < 4.78 is 5.10. The van der Waals surface area contributed by atoms with E-state index in [4.69, 9.17) is 4.74 Å². The third-order valence-electron chi connectivity index (χ3n) is 4.90. The van der Waals surface area contributed by atoms with Gasteiger partial charge < -0.3 is 9.64 Å². The number of aromatic nitrogens is 1. The van der Waals surface area contributed by atoms with Crippen molar-refractivity contribution in [2.75, 3.05) is 25.1 Å². The van der Waals surface area contributed by atoms with Gasteiger partial charge in [-0.1, -0.05) is 19.9 Å². The highest BCUT2D eigenvalue weighted by atomic mass is 16.5. The molecule has 120 valence electrons. The SMILES string of the molecule is COc1ccc(N2CCC3(C=C(C#N)C(=O)C(C)(C)C3)C2)cn1. The maximum absolute atomic E-state index is 12.3. The predicted octanol–water partition coefficient (Wildman–Crippen LogP) is 2.74. The number of anilines is 1. The number of pyridine rings is 1. The summed E-state index contributed by atoms with van der Waals surface area (Å²) in [7, 11) is 1.60. The number of carbonyl (C=O) groups is 1. The second-order valence-electron chi connectivity index (χ2n) is 7.15. The number of ether oxygens (including phenoxy) is 1. The Morgan fingerprint density at radius 2 is 2.17 bits per heavy atom. The van der Waals surface area contributed by atoms with Gasteiger partial charge in [-0.2, -0.15) is 5.26 Å². The first-order chi connectivity index (χ1) is 10.9. The van der Waals surface area contributed by atoms with Crippen LogP contribution in [-0.2, 0) is 4.79 Å². The largest absolute Gasteiger partial charge is 0.481 e. The summed E-state index contributed by atoms with van der Waals surface area (Å²) in [5, 5.41) is 9.30. The molecule has 23 heavy (non-hydrogen) atoms. The smallest absolute Gasteiger partial charge is 0.213 e. The molecule has 1 atom stereocenters. The van der Waals surface area contributed by atoms with Gasteiger partial charge >= 0.3 is 0 Å². The van der Waals surface area contributed by atoms with Gasteiger partial charge in [0, 0.05) is 30.0 Å². The average molecular weight is 311 g/mol. The zero-order valence-electron chi connectivity index (χ0n) is 13.8. The zero-order chi connectivity index (χ0) is 16.7. The van der Waals surface area contributed by atoms with E-state index in [1.54, 1.807) is 7.11 Å². The van der Waals surface area contributed by atoms with E-state index in [9.17, 15) is 10.1 Å². The highest BCUT2D eigenvalue weighted by Gasteiger charge is 2.48. The minimum Gasteiger partial charge on any atom is -0.481 e. The molecule has 1 spiro atoms. The predicted molar refractivity (Wildman–Crippen MR) is 87.2 cm³/mol. The van der Waals surface area contributed by atoms with E-state index in [-0.39, 0.29) is 11.2 Å². The lowest BCUT2D eigenvalue weighted by molar-refractivity contribution is -0.125. The number of ketones is 1. The van der Waals surface area contributed by atoms with Crippen LogP contribution in [0.4, 0.5) is 5.69 Å². The Bertz CT molecular complexity index is 700. The molecule has 1 aliphatic heterocycles. The highest BCUT2D eigenvalue weighted by molar-refractivity contribution is 6.03. The fourth-order valence-electron chi connectivity index (χ4n) is 3.89. The molecule has 0 saturated carbocycles. The van der Waals surface area contributed by atoms with Crippen LogP contribution in [0, 0.1) is 22.2 Å². The van der Waals surface area contributed by atoms with Gasteiger partial charge in [-0.05, 0) is 18.9 Å². The number of hydrogen-bond donors (Lipinski definition) is 0. The van der Waals surface area contributed by atoms with Crippen LogP contribution in [-0.4, -0.2) is 31.0 Å². The van der Waals surface area contributed by atoms with Crippen LogP contribution in [0.2, 0.25) is 0 Å². The summed E-state index contributed by atoms with van der Waals surface area (Å²) in [5.74, 6) is 0.564. The molecule has 5 heteroatoms. The third kappa shape index (κ3) is 2.70. The molecule has 1 aromatic heterocycles. The maximum Gasteiger partial charge on any atom is 0.213 e. The lowest BCUT2D eigenvalue weighted by atomic mass is 9.64.